The van der Waals surface area contributed by atoms with Gasteiger partial charge in [-0.25, -0.2) is 0 Å². The van der Waals surface area contributed by atoms with Crippen LogP contribution < -0.4 is 0 Å². The Morgan fingerprint density at radius 3 is 1.43 bits per heavy atom. The van der Waals surface area contributed by atoms with Crippen LogP contribution in [0.5, 0.6) is 0 Å². The van der Waals surface area contributed by atoms with Crippen LogP contribution in [-0.2, 0) is 29.7 Å². The van der Waals surface area contributed by atoms with Gasteiger partial charge in [-0.05, 0) is 0 Å². The quantitative estimate of drug-likeness (QED) is 0.437. The molecule has 0 saturated heterocycles. The van der Waals surface area contributed by atoms with E-state index in [-0.39, 0.29) is 17.1 Å². The second-order valence-corrected chi connectivity index (χ2v) is 8.98. The summed E-state index contributed by atoms with van der Waals surface area (Å²) in [6.45, 7) is 6.83. The number of hydrogen-bond acceptors (Lipinski definition) is 1. The average molecular weight is 183 g/mol. The Morgan fingerprint density at radius 1 is 1.29 bits per heavy atom. The van der Waals surface area contributed by atoms with Gasteiger partial charge in [0.2, 0.25) is 0 Å². The van der Waals surface area contributed by atoms with Crippen LogP contribution in [0.1, 0.15) is 0 Å². The van der Waals surface area contributed by atoms with Crippen molar-refractivity contribution in [2.24, 2.45) is 0 Å². The van der Waals surface area contributed by atoms with Gasteiger partial charge in [-0.2, -0.15) is 5.38 Å². The third-order valence-electron chi connectivity index (χ3n) is 0.433. The molecule has 0 radical (unpaired) electrons. The molecule has 0 bridgehead atoms. The van der Waals surface area contributed by atoms with Crippen molar-refractivity contribution in [1.82, 2.24) is 0 Å². The fraction of sp³-hybridized carbons (Fsp3) is 1.00. The SMILES string of the molecule is C[Si](C)(C)C[S-].[Cu+]. The summed E-state index contributed by atoms with van der Waals surface area (Å²) in [7, 11) is -0.816. The smallest absolute Gasteiger partial charge is 0.796 e. The van der Waals surface area contributed by atoms with E-state index >= 15 is 0 Å². The summed E-state index contributed by atoms with van der Waals surface area (Å²) >= 11 is 4.85. The minimum atomic E-state index is -0.816. The molecule has 0 atom stereocenters. The van der Waals surface area contributed by atoms with E-state index in [1.165, 1.54) is 0 Å². The van der Waals surface area contributed by atoms with Gasteiger partial charge in [-0.1, -0.05) is 19.6 Å². The van der Waals surface area contributed by atoms with Crippen LogP contribution in [0.4, 0.5) is 0 Å². The van der Waals surface area contributed by atoms with Crippen LogP contribution in [0.15, 0.2) is 0 Å². The summed E-state index contributed by atoms with van der Waals surface area (Å²) < 4.78 is 0. The van der Waals surface area contributed by atoms with Crippen molar-refractivity contribution in [3.05, 3.63) is 0 Å². The van der Waals surface area contributed by atoms with Gasteiger partial charge in [0.1, 0.15) is 0 Å². The summed E-state index contributed by atoms with van der Waals surface area (Å²) in [4.78, 5) is 0. The van der Waals surface area contributed by atoms with E-state index in [9.17, 15) is 0 Å². The topological polar surface area (TPSA) is 0 Å². The normalized spacial score (nSPS) is 10.3. The molecule has 0 saturated carbocycles. The first kappa shape index (κ1) is 11.0. The van der Waals surface area contributed by atoms with Gasteiger partial charge in [0.25, 0.3) is 0 Å². The Kier molecular flexibility index (Phi) is 6.29. The Morgan fingerprint density at radius 2 is 1.43 bits per heavy atom. The Labute approximate surface area is 63.0 Å². The van der Waals surface area contributed by atoms with E-state index in [0.717, 1.165) is 5.38 Å². The van der Waals surface area contributed by atoms with E-state index < -0.39 is 8.07 Å². The molecule has 0 rings (SSSR count). The van der Waals surface area contributed by atoms with Crippen molar-refractivity contribution in [3.63, 3.8) is 0 Å². The summed E-state index contributed by atoms with van der Waals surface area (Å²) in [6.07, 6.45) is 0. The maximum absolute atomic E-state index is 4.85. The summed E-state index contributed by atoms with van der Waals surface area (Å²) in [5.74, 6) is 0. The van der Waals surface area contributed by atoms with Crippen molar-refractivity contribution in [2.75, 3.05) is 5.38 Å². The molecule has 0 aliphatic heterocycles. The summed E-state index contributed by atoms with van der Waals surface area (Å²) in [6, 6.07) is 0. The van der Waals surface area contributed by atoms with Crippen LogP contribution in [0.3, 0.4) is 0 Å². The fourth-order valence-corrected chi connectivity index (χ4v) is 0. The fourth-order valence-electron chi connectivity index (χ4n) is 0. The minimum Gasteiger partial charge on any atom is -0.796 e. The third-order valence-corrected chi connectivity index (χ3v) is 3.90. The zero-order chi connectivity index (χ0) is 5.21. The van der Waals surface area contributed by atoms with Crippen molar-refractivity contribution in [1.29, 1.82) is 0 Å². The third kappa shape index (κ3) is 11.0. The minimum absolute atomic E-state index is 0. The predicted molar refractivity (Wildman–Crippen MR) is 35.6 cm³/mol. The largest absolute Gasteiger partial charge is 1.00 e. The average Bonchev–Trinajstić information content (AvgIpc) is 1.35. The van der Waals surface area contributed by atoms with Crippen molar-refractivity contribution in [2.45, 2.75) is 19.6 Å². The summed E-state index contributed by atoms with van der Waals surface area (Å²) in [5, 5.41) is 0.993. The molecule has 0 heterocycles. The van der Waals surface area contributed by atoms with Gasteiger partial charge in [0.15, 0.2) is 0 Å². The molecule has 0 aromatic rings. The second kappa shape index (κ2) is 4.01. The maximum Gasteiger partial charge on any atom is 1.00 e. The molecule has 0 N–H and O–H groups in total. The molecule has 0 aromatic heterocycles. The van der Waals surface area contributed by atoms with E-state index in [2.05, 4.69) is 19.6 Å². The molecule has 7 heavy (non-hydrogen) atoms. The maximum atomic E-state index is 4.85. The van der Waals surface area contributed by atoms with E-state index in [1.807, 2.05) is 0 Å². The zero-order valence-electron chi connectivity index (χ0n) is 4.92. The molecule has 0 amide bonds. The van der Waals surface area contributed by atoms with Crippen LogP contribution >= 0.6 is 0 Å². The number of rotatable bonds is 1. The van der Waals surface area contributed by atoms with Crippen LogP contribution in [0, 0.1) is 0 Å². The molecule has 0 aliphatic carbocycles. The molecule has 3 heteroatoms. The molecule has 0 nitrogen and oxygen atoms in total. The van der Waals surface area contributed by atoms with Crippen molar-refractivity contribution in [3.8, 4) is 0 Å². The van der Waals surface area contributed by atoms with Crippen LogP contribution in [0.25, 0.3) is 0 Å². The van der Waals surface area contributed by atoms with Gasteiger partial charge >= 0.3 is 17.1 Å². The molecular weight excluding hydrogens is 172 g/mol. The van der Waals surface area contributed by atoms with Gasteiger partial charge < -0.3 is 12.6 Å². The van der Waals surface area contributed by atoms with Gasteiger partial charge in [-0.3, -0.25) is 0 Å². The zero-order valence-corrected chi connectivity index (χ0v) is 7.68. The van der Waals surface area contributed by atoms with Crippen molar-refractivity contribution >= 4 is 20.7 Å². The van der Waals surface area contributed by atoms with Gasteiger partial charge in [0, 0.05) is 8.07 Å². The molecular formula is C4H11CuSSi. The first-order valence-corrected chi connectivity index (χ1v) is 6.43. The van der Waals surface area contributed by atoms with E-state index in [4.69, 9.17) is 12.6 Å². The summed E-state index contributed by atoms with van der Waals surface area (Å²) in [5.41, 5.74) is 0. The first-order valence-electron chi connectivity index (χ1n) is 2.14. The van der Waals surface area contributed by atoms with E-state index in [1.54, 1.807) is 0 Å². The van der Waals surface area contributed by atoms with Crippen LogP contribution in [-0.4, -0.2) is 13.5 Å². The number of hydrogen-bond donors (Lipinski definition) is 0. The van der Waals surface area contributed by atoms with Gasteiger partial charge in [0.05, 0.1) is 0 Å². The molecule has 48 valence electrons. The molecule has 0 unspecified atom stereocenters. The first-order chi connectivity index (χ1) is 2.56. The molecule has 0 aromatic carbocycles. The Hall–Kier alpha value is 1.09. The van der Waals surface area contributed by atoms with Crippen LogP contribution in [0.2, 0.25) is 19.6 Å². The van der Waals surface area contributed by atoms with E-state index in [0.29, 0.717) is 0 Å². The monoisotopic (exact) mass is 182 g/mol. The standard InChI is InChI=1S/C4H12SSi.Cu/c1-6(2,3)4-5;/h5H,4H2,1-3H3;/q;+1/p-1. The van der Waals surface area contributed by atoms with Gasteiger partial charge in [-0.15, -0.1) is 0 Å². The second-order valence-electron chi connectivity index (χ2n) is 2.70. The molecule has 0 fully saturated rings. The Bertz CT molecular complexity index is 41.4. The molecule has 0 aliphatic rings. The predicted octanol–water partition coefficient (Wildman–Crippen LogP) is 1.41. The molecule has 0 spiro atoms. The van der Waals surface area contributed by atoms with Crippen molar-refractivity contribution < 1.29 is 17.1 Å². The Balaban J connectivity index is 0.